The Kier molecular flexibility index (Phi) is 32.9. The van der Waals surface area contributed by atoms with Crippen LogP contribution in [0.25, 0.3) is 10.9 Å². The predicted molar refractivity (Wildman–Crippen MR) is 438 cm³/mol. The predicted octanol–water partition coefficient (Wildman–Crippen LogP) is 2.32. The Morgan fingerprint density at radius 1 is 0.734 bits per heavy atom. The van der Waals surface area contributed by atoms with E-state index < -0.39 is 174 Å². The number of rotatable bonds is 15. The number of aliphatic hydroxyl groups excluding tert-OH is 1. The first-order valence-corrected chi connectivity index (χ1v) is 41.4. The number of aromatic nitrogens is 4. The monoisotopic (exact) mass is 1730 g/mol. The molecule has 0 unspecified atom stereocenters. The van der Waals surface area contributed by atoms with Crippen LogP contribution in [-0.2, 0) is 128 Å². The number of carbonyl (C=O) groups is 13. The SMILES string of the molecule is COc1ccc(C[C@@H]2CC(=O)[C@H]([C@@H](C)O)NC(=O)[C@@H]3[C@@H]4CCN3C(=O)[C@@H]3Cc5cn(c6ccc(F)cc56)Cc5cn(nn5)CCN(Cc5cccc(c5)CCNC(=O)[C@]5(C)CCCN5C2=O)C(=O)CCC(=O)C[C@@H](C)C(=O)N[C@H](CNC(=O)CCOCCOCC[N+](C)(C)C)C(=O)N[C@@H](Cc2cccc(c2)CNC(=O)CO4)C(=O)N3)cc1.O=C(O)C(F)(F)F. The lowest BCUT2D eigenvalue weighted by molar-refractivity contribution is -0.870. The van der Waals surface area contributed by atoms with Gasteiger partial charge in [0.15, 0.2) is 5.78 Å². The fourth-order valence-electron chi connectivity index (χ4n) is 15.6. The van der Waals surface area contributed by atoms with Crippen molar-refractivity contribution in [3.05, 3.63) is 148 Å². The zero-order valence-corrected chi connectivity index (χ0v) is 70.5. The fraction of sp³-hybridized carbons (Fsp3) is 0.523. The maximum absolute atomic E-state index is 16.3. The van der Waals surface area contributed by atoms with Crippen molar-refractivity contribution < 1.29 is 114 Å². The molecule has 34 nitrogen and oxygen atoms in total. The van der Waals surface area contributed by atoms with E-state index in [0.29, 0.717) is 68.7 Å². The Labute approximate surface area is 714 Å². The first-order chi connectivity index (χ1) is 58.9. The summed E-state index contributed by atoms with van der Waals surface area (Å²) in [5, 5.41) is 47.7. The van der Waals surface area contributed by atoms with Gasteiger partial charge < -0.3 is 90.1 Å². The Morgan fingerprint density at radius 3 is 2.15 bits per heavy atom. The maximum atomic E-state index is 16.3. The number of aliphatic hydroxyl groups is 1. The number of quaternary nitrogens is 1. The number of benzene rings is 4. The summed E-state index contributed by atoms with van der Waals surface area (Å²) in [5.74, 6) is -13.9. The van der Waals surface area contributed by atoms with Crippen molar-refractivity contribution in [1.82, 2.24) is 71.5 Å². The quantitative estimate of drug-likeness (QED) is 0.0405. The number of ketones is 2. The van der Waals surface area contributed by atoms with E-state index in [1.807, 2.05) is 45.4 Å². The topological polar surface area (TPSA) is 429 Å². The highest BCUT2D eigenvalue weighted by molar-refractivity contribution is 6.00. The van der Waals surface area contributed by atoms with Crippen molar-refractivity contribution in [3.8, 4) is 5.75 Å². The minimum Gasteiger partial charge on any atom is -0.497 e. The molecule has 14 bridgehead atoms. The van der Waals surface area contributed by atoms with Gasteiger partial charge in [-0.05, 0) is 110 Å². The van der Waals surface area contributed by atoms with Crippen LogP contribution in [0.3, 0.4) is 0 Å². The van der Waals surface area contributed by atoms with Gasteiger partial charge in [-0.3, -0.25) is 62.2 Å². The lowest BCUT2D eigenvalue weighted by Gasteiger charge is -2.36. The largest absolute Gasteiger partial charge is 0.497 e. The highest BCUT2D eigenvalue weighted by Crippen LogP contribution is 2.34. The third kappa shape index (κ3) is 26.5. The van der Waals surface area contributed by atoms with Crippen molar-refractivity contribution >= 4 is 87.5 Å². The molecular formula is C86H110F4N15O19+. The van der Waals surface area contributed by atoms with Crippen molar-refractivity contribution in [2.45, 2.75) is 178 Å². The summed E-state index contributed by atoms with van der Waals surface area (Å²) >= 11 is 0. The van der Waals surface area contributed by atoms with Gasteiger partial charge in [0.1, 0.15) is 71.9 Å². The van der Waals surface area contributed by atoms with Gasteiger partial charge in [-0.15, -0.1) is 5.10 Å². The second-order valence-electron chi connectivity index (χ2n) is 33.1. The van der Waals surface area contributed by atoms with Crippen LogP contribution in [0.1, 0.15) is 111 Å². The number of nitrogens with one attached hydrogen (secondary N) is 7. The van der Waals surface area contributed by atoms with E-state index in [4.69, 9.17) is 28.8 Å². The van der Waals surface area contributed by atoms with Crippen LogP contribution < -0.4 is 42.0 Å². The molecule has 0 aliphatic carbocycles. The molecule has 4 aromatic carbocycles. The molecule has 6 aromatic rings. The second kappa shape index (κ2) is 43.1. The first kappa shape index (κ1) is 94.6. The number of nitrogens with zero attached hydrogens (tertiary/aromatic N) is 8. The van der Waals surface area contributed by atoms with E-state index in [-0.39, 0.29) is 129 Å². The number of Topliss-reactive ketones (excluding diaryl/α,β-unsaturated/α-hetero) is 2. The molecule has 5 aliphatic heterocycles. The zero-order chi connectivity index (χ0) is 89.7. The van der Waals surface area contributed by atoms with Crippen molar-refractivity contribution in [3.63, 3.8) is 0 Å². The summed E-state index contributed by atoms with van der Waals surface area (Å²) in [6.45, 7) is 4.97. The highest BCUT2D eigenvalue weighted by atomic mass is 19.4. The average Bonchev–Trinajstić information content (AvgIpc) is 1.75. The van der Waals surface area contributed by atoms with Crippen molar-refractivity contribution in [2.75, 3.05) is 101 Å². The Balaban J connectivity index is 0.00000220. The summed E-state index contributed by atoms with van der Waals surface area (Å²) in [4.78, 5) is 193. The van der Waals surface area contributed by atoms with E-state index >= 15 is 33.2 Å². The van der Waals surface area contributed by atoms with Gasteiger partial charge in [0, 0.05) is 120 Å². The standard InChI is InChI=1S/C84H108FN15O17.C2HF3O2/c1-52-37-63(102)18-22-74(106)95-30-31-97-50-62(93-94-97)49-96-48-60(65-44-61(85)17-21-69(65)96)42-67-82(112)98-29-24-71(117-51-73(105)87-45-57-13-9-12-56(39-57)41-66(78(108)90-67)89-79(109)68(91-77(52)107)46-88-72(104)25-33-115-35-36-116-34-32-100(4,5)6)76(98)80(110)92-75(53(2)101)70(103)43-59(40-55-15-19-64(114-7)20-16-55)81(111)99-28-10-26-84(99,3)83(113)86-27-23-54-11-8-14-58(38-54)47-95;3-2(4,5)1(6)7/h8-9,11-17,19-21,38-39,44,48,50,52-53,59,66-68,71,75-76,101H,10,18,22-37,40-43,45-47,49,51H2,1-7H3,(H6-,86,87,88,89,90,91,92,104,105,107,108,109,110,113);(H,6,7)/p+1/t52-,53-,59-,66+,67+,68-,71+,75+,76+,84+;/m1./s1. The summed E-state index contributed by atoms with van der Waals surface area (Å²) < 4.78 is 74.8. The third-order valence-corrected chi connectivity index (χ3v) is 22.5. The Morgan fingerprint density at radius 2 is 1.44 bits per heavy atom. The molecule has 9 N–H and O–H groups in total. The van der Waals surface area contributed by atoms with Gasteiger partial charge >= 0.3 is 12.1 Å². The summed E-state index contributed by atoms with van der Waals surface area (Å²) in [6.07, 6.45) is -6.36. The second-order valence-corrected chi connectivity index (χ2v) is 33.1. The molecular weight excluding hydrogens is 1620 g/mol. The number of aliphatic carboxylic acids is 1. The smallest absolute Gasteiger partial charge is 0.490 e. The number of hydrogen-bond acceptors (Lipinski definition) is 20. The van der Waals surface area contributed by atoms with E-state index in [1.165, 1.54) is 44.1 Å². The van der Waals surface area contributed by atoms with Gasteiger partial charge in [0.2, 0.25) is 59.1 Å². The van der Waals surface area contributed by atoms with E-state index in [1.54, 1.807) is 82.0 Å². The van der Waals surface area contributed by atoms with Crippen LogP contribution in [0.2, 0.25) is 0 Å². The minimum atomic E-state index is -5.08. The fourth-order valence-corrected chi connectivity index (χ4v) is 15.6. The Bertz CT molecular complexity index is 4840. The first-order valence-electron chi connectivity index (χ1n) is 41.4. The molecule has 38 heteroatoms. The van der Waals surface area contributed by atoms with Crippen LogP contribution in [0.4, 0.5) is 17.6 Å². The van der Waals surface area contributed by atoms with Crippen molar-refractivity contribution in [1.29, 1.82) is 0 Å². The van der Waals surface area contributed by atoms with Gasteiger partial charge in [-0.25, -0.2) is 9.18 Å². The van der Waals surface area contributed by atoms with Crippen LogP contribution in [0.15, 0.2) is 103 Å². The number of likely N-dealkylation sites (N-methyl/N-ethyl adjacent to an activating group) is 1. The molecule has 0 spiro atoms. The average molecular weight is 1730 g/mol. The van der Waals surface area contributed by atoms with E-state index in [0.717, 1.165) is 17.0 Å². The van der Waals surface area contributed by atoms with Gasteiger partial charge in [-0.1, -0.05) is 72.8 Å². The number of carboxylic acids is 1. The highest BCUT2D eigenvalue weighted by Gasteiger charge is 2.50. The molecule has 0 saturated carbocycles. The molecule has 0 radical (unpaired) electrons. The summed E-state index contributed by atoms with van der Waals surface area (Å²) in [6, 6.07) is 16.4. The number of carboxylic acid groups (broad SMARTS) is 1. The van der Waals surface area contributed by atoms with E-state index in [9.17, 15) is 47.0 Å². The zero-order valence-electron chi connectivity index (χ0n) is 70.5. The van der Waals surface area contributed by atoms with Gasteiger partial charge in [0.25, 0.3) is 0 Å². The minimum absolute atomic E-state index is 0.00760. The Hall–Kier alpha value is -11.6. The maximum Gasteiger partial charge on any atom is 0.490 e. The van der Waals surface area contributed by atoms with Crippen LogP contribution in [-0.4, -0.2) is 280 Å². The molecule has 11 rings (SSSR count). The molecule has 670 valence electrons. The number of methoxy groups -OCH3 is 1. The molecule has 2 aromatic heterocycles. The van der Waals surface area contributed by atoms with Gasteiger partial charge in [-0.2, -0.15) is 13.2 Å². The number of amides is 10. The number of hydrogen-bond donors (Lipinski definition) is 9. The number of ether oxygens (including phenoxy) is 4. The molecule has 10 atom stereocenters. The van der Waals surface area contributed by atoms with Crippen LogP contribution >= 0.6 is 0 Å². The lowest BCUT2D eigenvalue weighted by atomic mass is 9.88. The molecule has 5 aliphatic rings. The van der Waals surface area contributed by atoms with Crippen LogP contribution in [0.5, 0.6) is 5.75 Å². The van der Waals surface area contributed by atoms with Crippen molar-refractivity contribution in [2.24, 2.45) is 11.8 Å². The molecule has 2 saturated heterocycles. The summed E-state index contributed by atoms with van der Waals surface area (Å²) in [7, 11) is 7.60. The van der Waals surface area contributed by atoms with Crippen LogP contribution in [0, 0.1) is 17.7 Å². The number of fused-ring (bicyclic) bond motifs is 10. The third-order valence-electron chi connectivity index (χ3n) is 22.5. The summed E-state index contributed by atoms with van der Waals surface area (Å²) in [5.41, 5.74) is 2.81. The number of carbonyl (C=O) groups excluding carboxylic acids is 12. The molecule has 2 fully saturated rings. The number of halogens is 4. The molecule has 124 heavy (non-hydrogen) atoms. The van der Waals surface area contributed by atoms with Gasteiger partial charge in [0.05, 0.1) is 86.2 Å². The normalized spacial score (nSPS) is 23.5. The molecule has 10 amide bonds. The molecule has 7 heterocycles. The lowest BCUT2D eigenvalue weighted by Crippen LogP contribution is -2.62. The van der Waals surface area contributed by atoms with E-state index in [2.05, 4.69) is 47.5 Å². The number of alkyl halides is 3.